The van der Waals surface area contributed by atoms with Crippen LogP contribution in [0.5, 0.6) is 0 Å². The van der Waals surface area contributed by atoms with Crippen LogP contribution in [-0.4, -0.2) is 53.4 Å². The Bertz CT molecular complexity index is 736. The smallest absolute Gasteiger partial charge is 0.234 e. The number of rotatable bonds is 6. The Kier molecular flexibility index (Phi) is 6.31. The van der Waals surface area contributed by atoms with Crippen molar-refractivity contribution >= 4 is 5.91 Å². The van der Waals surface area contributed by atoms with Gasteiger partial charge in [-0.3, -0.25) is 19.6 Å². The molecule has 1 N–H and O–H groups in total. The van der Waals surface area contributed by atoms with E-state index in [0.717, 1.165) is 37.4 Å². The Morgan fingerprint density at radius 3 is 2.50 bits per heavy atom. The average Bonchev–Trinajstić information content (AvgIpc) is 2.70. The molecule has 134 valence electrons. The molecular weight excluding hydrogens is 326 g/mol. The fourth-order valence-electron chi connectivity index (χ4n) is 3.13. The lowest BCUT2D eigenvalue weighted by Gasteiger charge is -2.36. The van der Waals surface area contributed by atoms with Crippen molar-refractivity contribution in [2.75, 3.05) is 32.7 Å². The molecule has 0 saturated carbocycles. The van der Waals surface area contributed by atoms with Crippen molar-refractivity contribution in [1.29, 1.82) is 5.26 Å². The monoisotopic (exact) mass is 349 g/mol. The van der Waals surface area contributed by atoms with Crippen LogP contribution in [0.15, 0.2) is 54.7 Å². The van der Waals surface area contributed by atoms with Gasteiger partial charge in [-0.2, -0.15) is 5.26 Å². The van der Waals surface area contributed by atoms with E-state index in [9.17, 15) is 10.1 Å². The SMILES string of the molecule is N#C[C@H](c1ccccc1)N1CCN(CC(=O)NCc2ccccn2)CC1. The van der Waals surface area contributed by atoms with Crippen LogP contribution in [0.3, 0.4) is 0 Å². The second-order valence-corrected chi connectivity index (χ2v) is 6.35. The summed E-state index contributed by atoms with van der Waals surface area (Å²) in [6.07, 6.45) is 1.72. The fourth-order valence-corrected chi connectivity index (χ4v) is 3.13. The van der Waals surface area contributed by atoms with Crippen LogP contribution in [0.4, 0.5) is 0 Å². The molecule has 3 rings (SSSR count). The standard InChI is InChI=1S/C20H23N5O/c21-14-19(17-6-2-1-3-7-17)25-12-10-24(11-13-25)16-20(26)23-15-18-8-4-5-9-22-18/h1-9,19H,10-13,15-16H2,(H,23,26)/t19-/m1/s1. The van der Waals surface area contributed by atoms with E-state index in [1.807, 2.05) is 48.5 Å². The van der Waals surface area contributed by atoms with Crippen LogP contribution in [0.1, 0.15) is 17.3 Å². The quantitative estimate of drug-likeness (QED) is 0.857. The van der Waals surface area contributed by atoms with E-state index >= 15 is 0 Å². The van der Waals surface area contributed by atoms with Gasteiger partial charge in [-0.25, -0.2) is 0 Å². The van der Waals surface area contributed by atoms with Gasteiger partial charge in [0.15, 0.2) is 0 Å². The highest BCUT2D eigenvalue weighted by atomic mass is 16.2. The number of hydrogen-bond acceptors (Lipinski definition) is 5. The molecule has 1 fully saturated rings. The number of hydrogen-bond donors (Lipinski definition) is 1. The van der Waals surface area contributed by atoms with Gasteiger partial charge in [0.25, 0.3) is 0 Å². The maximum absolute atomic E-state index is 12.1. The van der Waals surface area contributed by atoms with Crippen LogP contribution >= 0.6 is 0 Å². The zero-order valence-corrected chi connectivity index (χ0v) is 14.7. The number of aromatic nitrogens is 1. The van der Waals surface area contributed by atoms with Gasteiger partial charge in [0.2, 0.25) is 5.91 Å². The molecular formula is C20H23N5O. The first-order valence-corrected chi connectivity index (χ1v) is 8.84. The van der Waals surface area contributed by atoms with Crippen molar-refractivity contribution in [2.24, 2.45) is 0 Å². The predicted molar refractivity (Wildman–Crippen MR) is 98.9 cm³/mol. The molecule has 1 amide bonds. The molecule has 6 heteroatoms. The zero-order valence-electron chi connectivity index (χ0n) is 14.7. The van der Waals surface area contributed by atoms with Gasteiger partial charge in [0.05, 0.1) is 24.9 Å². The number of amides is 1. The average molecular weight is 349 g/mol. The third kappa shape index (κ3) is 4.88. The van der Waals surface area contributed by atoms with E-state index in [2.05, 4.69) is 26.2 Å². The summed E-state index contributed by atoms with van der Waals surface area (Å²) in [6.45, 7) is 3.94. The van der Waals surface area contributed by atoms with E-state index < -0.39 is 0 Å². The molecule has 2 aromatic rings. The summed E-state index contributed by atoms with van der Waals surface area (Å²) in [5.41, 5.74) is 1.88. The molecule has 1 aromatic carbocycles. The minimum absolute atomic E-state index is 0.00370. The summed E-state index contributed by atoms with van der Waals surface area (Å²) in [5, 5.41) is 12.5. The maximum atomic E-state index is 12.1. The number of benzene rings is 1. The molecule has 2 heterocycles. The first kappa shape index (κ1) is 18.1. The van der Waals surface area contributed by atoms with E-state index in [1.54, 1.807) is 6.20 Å². The Morgan fingerprint density at radius 2 is 1.85 bits per heavy atom. The lowest BCUT2D eigenvalue weighted by molar-refractivity contribution is -0.122. The van der Waals surface area contributed by atoms with E-state index in [1.165, 1.54) is 0 Å². The topological polar surface area (TPSA) is 72.3 Å². The van der Waals surface area contributed by atoms with E-state index in [0.29, 0.717) is 13.1 Å². The van der Waals surface area contributed by atoms with Gasteiger partial charge in [0, 0.05) is 32.4 Å². The Morgan fingerprint density at radius 1 is 1.12 bits per heavy atom. The molecule has 1 aliphatic rings. The third-order valence-corrected chi connectivity index (χ3v) is 4.57. The Balaban J connectivity index is 1.45. The van der Waals surface area contributed by atoms with Crippen LogP contribution in [-0.2, 0) is 11.3 Å². The van der Waals surface area contributed by atoms with Crippen LogP contribution in [0.2, 0.25) is 0 Å². The lowest BCUT2D eigenvalue weighted by atomic mass is 10.1. The molecule has 26 heavy (non-hydrogen) atoms. The summed E-state index contributed by atoms with van der Waals surface area (Å²) < 4.78 is 0. The van der Waals surface area contributed by atoms with Crippen molar-refractivity contribution in [3.63, 3.8) is 0 Å². The number of carbonyl (C=O) groups excluding carboxylic acids is 1. The third-order valence-electron chi connectivity index (χ3n) is 4.57. The molecule has 1 aromatic heterocycles. The van der Waals surface area contributed by atoms with Crippen LogP contribution in [0.25, 0.3) is 0 Å². The molecule has 0 radical (unpaired) electrons. The predicted octanol–water partition coefficient (Wildman–Crippen LogP) is 1.58. The Labute approximate surface area is 154 Å². The number of nitrogens with one attached hydrogen (secondary N) is 1. The summed E-state index contributed by atoms with van der Waals surface area (Å²) >= 11 is 0. The second kappa shape index (κ2) is 9.09. The zero-order chi connectivity index (χ0) is 18.2. The first-order valence-electron chi connectivity index (χ1n) is 8.84. The summed E-state index contributed by atoms with van der Waals surface area (Å²) in [4.78, 5) is 20.6. The minimum atomic E-state index is -0.226. The molecule has 0 bridgehead atoms. The van der Waals surface area contributed by atoms with Gasteiger partial charge in [-0.15, -0.1) is 0 Å². The van der Waals surface area contributed by atoms with Gasteiger partial charge in [-0.05, 0) is 17.7 Å². The number of pyridine rings is 1. The van der Waals surface area contributed by atoms with Crippen molar-refractivity contribution in [3.05, 3.63) is 66.0 Å². The highest BCUT2D eigenvalue weighted by Crippen LogP contribution is 2.21. The molecule has 0 unspecified atom stereocenters. The van der Waals surface area contributed by atoms with E-state index in [4.69, 9.17) is 0 Å². The normalized spacial score (nSPS) is 16.6. The van der Waals surface area contributed by atoms with Crippen molar-refractivity contribution < 1.29 is 4.79 Å². The molecule has 6 nitrogen and oxygen atoms in total. The number of piperazine rings is 1. The Hall–Kier alpha value is -2.75. The molecule has 1 atom stereocenters. The summed E-state index contributed by atoms with van der Waals surface area (Å²) in [5.74, 6) is 0.00370. The minimum Gasteiger partial charge on any atom is -0.349 e. The highest BCUT2D eigenvalue weighted by Gasteiger charge is 2.25. The van der Waals surface area contributed by atoms with Crippen LogP contribution in [0, 0.1) is 11.3 Å². The first-order chi connectivity index (χ1) is 12.8. The van der Waals surface area contributed by atoms with Crippen molar-refractivity contribution in [3.8, 4) is 6.07 Å². The van der Waals surface area contributed by atoms with Crippen molar-refractivity contribution in [1.82, 2.24) is 20.1 Å². The van der Waals surface area contributed by atoms with Gasteiger partial charge < -0.3 is 5.32 Å². The molecule has 0 spiro atoms. The summed E-state index contributed by atoms with van der Waals surface area (Å²) in [7, 11) is 0. The highest BCUT2D eigenvalue weighted by molar-refractivity contribution is 5.77. The number of nitriles is 1. The van der Waals surface area contributed by atoms with Crippen LogP contribution < -0.4 is 5.32 Å². The molecule has 1 saturated heterocycles. The second-order valence-electron chi connectivity index (χ2n) is 6.35. The van der Waals surface area contributed by atoms with Gasteiger partial charge in [0.1, 0.15) is 6.04 Å². The largest absolute Gasteiger partial charge is 0.349 e. The lowest BCUT2D eigenvalue weighted by Crippen LogP contribution is -2.50. The summed E-state index contributed by atoms with van der Waals surface area (Å²) in [6, 6.07) is 17.7. The molecule has 1 aliphatic heterocycles. The van der Waals surface area contributed by atoms with E-state index in [-0.39, 0.29) is 11.9 Å². The maximum Gasteiger partial charge on any atom is 0.234 e. The van der Waals surface area contributed by atoms with Crippen molar-refractivity contribution in [2.45, 2.75) is 12.6 Å². The fraction of sp³-hybridized carbons (Fsp3) is 0.350. The van der Waals surface area contributed by atoms with Gasteiger partial charge in [-0.1, -0.05) is 36.4 Å². The molecule has 0 aliphatic carbocycles. The number of nitrogens with zero attached hydrogens (tertiary/aromatic N) is 4. The number of carbonyl (C=O) groups is 1. The van der Waals surface area contributed by atoms with Gasteiger partial charge >= 0.3 is 0 Å².